The van der Waals surface area contributed by atoms with Crippen LogP contribution in [0.25, 0.3) is 10.8 Å². The first-order chi connectivity index (χ1) is 8.69. The number of pyridine rings is 1. The van der Waals surface area contributed by atoms with E-state index in [-0.39, 0.29) is 0 Å². The van der Waals surface area contributed by atoms with Gasteiger partial charge in [0.1, 0.15) is 5.60 Å². The third kappa shape index (κ3) is 1.91. The fraction of sp³-hybridized carbons (Fsp3) is 0.438. The number of hydrogen-bond donors (Lipinski definition) is 1. The van der Waals surface area contributed by atoms with E-state index >= 15 is 0 Å². The van der Waals surface area contributed by atoms with Crippen LogP contribution in [0.15, 0.2) is 30.3 Å². The van der Waals surface area contributed by atoms with E-state index < -0.39 is 5.60 Å². The van der Waals surface area contributed by atoms with Gasteiger partial charge < -0.3 is 5.11 Å². The summed E-state index contributed by atoms with van der Waals surface area (Å²) in [5, 5.41) is 13.1. The van der Waals surface area contributed by atoms with E-state index in [4.69, 9.17) is 0 Å². The first kappa shape index (κ1) is 11.7. The smallest absolute Gasteiger partial charge is 0.107 e. The monoisotopic (exact) mass is 241 g/mol. The molecule has 1 fully saturated rings. The molecule has 0 atom stereocenters. The lowest BCUT2D eigenvalue weighted by Crippen LogP contribution is -2.29. The van der Waals surface area contributed by atoms with Crippen LogP contribution in [0.5, 0.6) is 0 Å². The van der Waals surface area contributed by atoms with Gasteiger partial charge in [-0.3, -0.25) is 4.98 Å². The van der Waals surface area contributed by atoms with Crippen LogP contribution < -0.4 is 0 Å². The van der Waals surface area contributed by atoms with Crippen LogP contribution in [-0.4, -0.2) is 10.1 Å². The predicted molar refractivity (Wildman–Crippen MR) is 73.5 cm³/mol. The molecule has 1 heterocycles. The van der Waals surface area contributed by atoms with E-state index in [9.17, 15) is 5.11 Å². The molecule has 18 heavy (non-hydrogen) atoms. The van der Waals surface area contributed by atoms with Gasteiger partial charge in [-0.05, 0) is 31.2 Å². The molecule has 0 amide bonds. The van der Waals surface area contributed by atoms with Crippen LogP contribution in [0.1, 0.15) is 43.5 Å². The van der Waals surface area contributed by atoms with Gasteiger partial charge in [0.25, 0.3) is 0 Å². The van der Waals surface area contributed by atoms with E-state index in [0.29, 0.717) is 0 Å². The summed E-state index contributed by atoms with van der Waals surface area (Å²) in [6, 6.07) is 10.3. The molecule has 1 saturated carbocycles. The van der Waals surface area contributed by atoms with Crippen molar-refractivity contribution in [2.45, 2.75) is 44.6 Å². The summed E-state index contributed by atoms with van der Waals surface area (Å²) >= 11 is 0. The molecular weight excluding hydrogens is 222 g/mol. The van der Waals surface area contributed by atoms with Crippen LogP contribution >= 0.6 is 0 Å². The van der Waals surface area contributed by atoms with Gasteiger partial charge in [-0.1, -0.05) is 43.5 Å². The Bertz CT molecular complexity index is 570. The van der Waals surface area contributed by atoms with Gasteiger partial charge in [0.15, 0.2) is 0 Å². The van der Waals surface area contributed by atoms with Gasteiger partial charge in [0.2, 0.25) is 0 Å². The second-order valence-electron chi connectivity index (χ2n) is 5.41. The van der Waals surface area contributed by atoms with Crippen LogP contribution in [0.3, 0.4) is 0 Å². The Balaban J connectivity index is 2.12. The number of rotatable bonds is 1. The highest BCUT2D eigenvalue weighted by atomic mass is 16.3. The first-order valence-electron chi connectivity index (χ1n) is 6.78. The minimum atomic E-state index is -0.701. The van der Waals surface area contributed by atoms with E-state index in [1.807, 2.05) is 19.1 Å². The minimum Gasteiger partial charge on any atom is -0.384 e. The van der Waals surface area contributed by atoms with Gasteiger partial charge in [0.05, 0.1) is 5.69 Å². The van der Waals surface area contributed by atoms with Gasteiger partial charge in [-0.25, -0.2) is 0 Å². The van der Waals surface area contributed by atoms with E-state index in [0.717, 1.165) is 37.1 Å². The van der Waals surface area contributed by atoms with Crippen molar-refractivity contribution in [3.8, 4) is 0 Å². The van der Waals surface area contributed by atoms with Gasteiger partial charge in [0, 0.05) is 11.1 Å². The lowest BCUT2D eigenvalue weighted by molar-refractivity contribution is -0.00459. The van der Waals surface area contributed by atoms with Crippen molar-refractivity contribution in [1.29, 1.82) is 0 Å². The molecule has 1 aliphatic rings. The zero-order valence-electron chi connectivity index (χ0n) is 10.8. The van der Waals surface area contributed by atoms with Crippen LogP contribution in [0.4, 0.5) is 0 Å². The molecule has 2 heteroatoms. The third-order valence-corrected chi connectivity index (χ3v) is 4.09. The quantitative estimate of drug-likeness (QED) is 0.826. The molecule has 0 saturated heterocycles. The maximum Gasteiger partial charge on any atom is 0.107 e. The van der Waals surface area contributed by atoms with Crippen molar-refractivity contribution in [3.63, 3.8) is 0 Å². The van der Waals surface area contributed by atoms with Crippen LogP contribution in [0.2, 0.25) is 0 Å². The van der Waals surface area contributed by atoms with Crippen molar-refractivity contribution in [3.05, 3.63) is 41.7 Å². The standard InChI is InChI=1S/C16H19NO/c1-12-14-8-4-3-7-13(14)11-15(17-12)16(18)9-5-2-6-10-16/h3-4,7-8,11,18H,2,5-6,9-10H2,1H3. The Morgan fingerprint density at radius 2 is 1.83 bits per heavy atom. The highest BCUT2D eigenvalue weighted by molar-refractivity contribution is 5.84. The molecule has 94 valence electrons. The summed E-state index contributed by atoms with van der Waals surface area (Å²) in [5.74, 6) is 0. The molecule has 1 aliphatic carbocycles. The largest absolute Gasteiger partial charge is 0.384 e. The number of aryl methyl sites for hydroxylation is 1. The third-order valence-electron chi connectivity index (χ3n) is 4.09. The summed E-state index contributed by atoms with van der Waals surface area (Å²) in [5.41, 5.74) is 1.17. The Morgan fingerprint density at radius 3 is 2.61 bits per heavy atom. The maximum atomic E-state index is 10.8. The number of fused-ring (bicyclic) bond motifs is 1. The number of aliphatic hydroxyl groups is 1. The van der Waals surface area contributed by atoms with Crippen molar-refractivity contribution >= 4 is 10.8 Å². The summed E-state index contributed by atoms with van der Waals surface area (Å²) in [6.45, 7) is 2.03. The Kier molecular flexibility index (Phi) is 2.83. The first-order valence-corrected chi connectivity index (χ1v) is 6.78. The maximum absolute atomic E-state index is 10.8. The second kappa shape index (κ2) is 4.36. The molecule has 1 aromatic carbocycles. The lowest BCUT2D eigenvalue weighted by Gasteiger charge is -2.32. The summed E-state index contributed by atoms with van der Waals surface area (Å²) in [6.07, 6.45) is 5.12. The number of aromatic nitrogens is 1. The van der Waals surface area contributed by atoms with E-state index in [1.165, 1.54) is 17.2 Å². The molecule has 0 spiro atoms. The Labute approximate surface area is 108 Å². The van der Waals surface area contributed by atoms with Crippen molar-refractivity contribution in [2.24, 2.45) is 0 Å². The predicted octanol–water partition coefficient (Wildman–Crippen LogP) is 3.69. The van der Waals surface area contributed by atoms with Gasteiger partial charge >= 0.3 is 0 Å². The molecule has 0 aliphatic heterocycles. The highest BCUT2D eigenvalue weighted by Gasteiger charge is 2.32. The van der Waals surface area contributed by atoms with Gasteiger partial charge in [-0.15, -0.1) is 0 Å². The molecule has 0 radical (unpaired) electrons. The second-order valence-corrected chi connectivity index (χ2v) is 5.41. The molecule has 0 bridgehead atoms. The average Bonchev–Trinajstić information content (AvgIpc) is 2.39. The topological polar surface area (TPSA) is 33.1 Å². The minimum absolute atomic E-state index is 0.701. The van der Waals surface area contributed by atoms with Crippen LogP contribution in [-0.2, 0) is 5.60 Å². The molecule has 3 rings (SSSR count). The summed E-state index contributed by atoms with van der Waals surface area (Å²) < 4.78 is 0. The van der Waals surface area contributed by atoms with Crippen molar-refractivity contribution in [1.82, 2.24) is 4.98 Å². The summed E-state index contributed by atoms with van der Waals surface area (Å²) in [7, 11) is 0. The lowest BCUT2D eigenvalue weighted by atomic mass is 9.82. The average molecular weight is 241 g/mol. The molecule has 2 nitrogen and oxygen atoms in total. The molecule has 1 aromatic heterocycles. The Morgan fingerprint density at radius 1 is 1.11 bits per heavy atom. The van der Waals surface area contributed by atoms with E-state index in [1.54, 1.807) is 0 Å². The molecule has 2 aromatic rings. The number of nitrogens with zero attached hydrogens (tertiary/aromatic N) is 1. The summed E-state index contributed by atoms with van der Waals surface area (Å²) in [4.78, 5) is 4.65. The number of benzene rings is 1. The highest BCUT2D eigenvalue weighted by Crippen LogP contribution is 2.37. The molecular formula is C16H19NO. The zero-order chi connectivity index (χ0) is 12.6. The Hall–Kier alpha value is -1.41. The zero-order valence-corrected chi connectivity index (χ0v) is 10.8. The SMILES string of the molecule is Cc1nc(C2(O)CCCCC2)cc2ccccc12. The van der Waals surface area contributed by atoms with Crippen molar-refractivity contribution in [2.75, 3.05) is 0 Å². The fourth-order valence-electron chi connectivity index (χ4n) is 3.00. The van der Waals surface area contributed by atoms with Crippen molar-refractivity contribution < 1.29 is 5.11 Å². The normalized spacial score (nSPS) is 19.0. The van der Waals surface area contributed by atoms with E-state index in [2.05, 4.69) is 23.2 Å². The number of hydrogen-bond acceptors (Lipinski definition) is 2. The van der Waals surface area contributed by atoms with Crippen LogP contribution in [0, 0.1) is 6.92 Å². The molecule has 1 N–H and O–H groups in total. The van der Waals surface area contributed by atoms with Gasteiger partial charge in [-0.2, -0.15) is 0 Å². The fourth-order valence-corrected chi connectivity index (χ4v) is 3.00. The molecule has 0 unspecified atom stereocenters.